The number of aromatic nitrogens is 1. The van der Waals surface area contributed by atoms with Gasteiger partial charge in [0.2, 0.25) is 11.8 Å². The first-order valence-corrected chi connectivity index (χ1v) is 6.60. The van der Waals surface area contributed by atoms with E-state index in [4.69, 9.17) is 15.2 Å². The molecule has 0 unspecified atom stereocenters. The van der Waals surface area contributed by atoms with E-state index >= 15 is 0 Å². The average molecular weight is 280 g/mol. The van der Waals surface area contributed by atoms with E-state index in [9.17, 15) is 4.79 Å². The Labute approximate surface area is 118 Å². The molecule has 3 N–H and O–H groups in total. The van der Waals surface area contributed by atoms with E-state index in [-0.39, 0.29) is 5.91 Å². The molecule has 20 heavy (non-hydrogen) atoms. The van der Waals surface area contributed by atoms with Crippen molar-refractivity contribution < 1.29 is 14.3 Å². The van der Waals surface area contributed by atoms with E-state index in [1.807, 2.05) is 4.90 Å². The summed E-state index contributed by atoms with van der Waals surface area (Å²) in [6, 6.07) is 3.41. The van der Waals surface area contributed by atoms with Gasteiger partial charge in [-0.05, 0) is 6.07 Å². The molecule has 110 valence electrons. The molecule has 1 aromatic heterocycles. The minimum Gasteiger partial charge on any atom is -0.481 e. The van der Waals surface area contributed by atoms with Gasteiger partial charge in [-0.1, -0.05) is 0 Å². The molecule has 1 aromatic rings. The maximum absolute atomic E-state index is 12.0. The minimum absolute atomic E-state index is 0.113. The highest BCUT2D eigenvalue weighted by Gasteiger charge is 2.16. The number of methoxy groups -OCH3 is 1. The third-order valence-corrected chi connectivity index (χ3v) is 3.11. The Morgan fingerprint density at radius 2 is 2.25 bits per heavy atom. The molecule has 1 saturated heterocycles. The van der Waals surface area contributed by atoms with Crippen LogP contribution in [0.15, 0.2) is 12.1 Å². The van der Waals surface area contributed by atoms with Crippen molar-refractivity contribution in [2.75, 3.05) is 51.0 Å². The lowest BCUT2D eigenvalue weighted by atomic mass is 10.3. The van der Waals surface area contributed by atoms with E-state index in [1.54, 1.807) is 19.2 Å². The van der Waals surface area contributed by atoms with Gasteiger partial charge in [-0.15, -0.1) is 0 Å². The first-order chi connectivity index (χ1) is 9.70. The number of morpholine rings is 1. The number of rotatable bonds is 5. The Morgan fingerprint density at radius 3 is 2.95 bits per heavy atom. The summed E-state index contributed by atoms with van der Waals surface area (Å²) >= 11 is 0. The zero-order valence-electron chi connectivity index (χ0n) is 11.6. The SMILES string of the molecule is COc1ccc(N)c(NCCC(=O)N2CCOCC2)n1. The standard InChI is InChI=1S/C13H20N4O3/c1-19-11-3-2-10(14)13(16-11)15-5-4-12(18)17-6-8-20-9-7-17/h2-3H,4-9,14H2,1H3,(H,15,16). The molecule has 1 amide bonds. The third-order valence-electron chi connectivity index (χ3n) is 3.11. The molecule has 0 saturated carbocycles. The molecule has 7 heteroatoms. The normalized spacial score (nSPS) is 14.9. The summed E-state index contributed by atoms with van der Waals surface area (Å²) in [6.07, 6.45) is 0.401. The van der Waals surface area contributed by atoms with Crippen LogP contribution in [0.3, 0.4) is 0 Å². The van der Waals surface area contributed by atoms with Crippen LogP contribution >= 0.6 is 0 Å². The topological polar surface area (TPSA) is 89.7 Å². The van der Waals surface area contributed by atoms with Crippen molar-refractivity contribution in [1.82, 2.24) is 9.88 Å². The Morgan fingerprint density at radius 1 is 1.50 bits per heavy atom. The lowest BCUT2D eigenvalue weighted by Crippen LogP contribution is -2.41. The van der Waals surface area contributed by atoms with Crippen molar-refractivity contribution in [1.29, 1.82) is 0 Å². The molecule has 0 atom stereocenters. The Hall–Kier alpha value is -2.02. The van der Waals surface area contributed by atoms with Gasteiger partial charge in [0.25, 0.3) is 0 Å². The van der Waals surface area contributed by atoms with Gasteiger partial charge in [0, 0.05) is 32.1 Å². The molecule has 0 bridgehead atoms. The van der Waals surface area contributed by atoms with Crippen molar-refractivity contribution >= 4 is 17.4 Å². The van der Waals surface area contributed by atoms with Crippen molar-refractivity contribution in [2.24, 2.45) is 0 Å². The lowest BCUT2D eigenvalue weighted by Gasteiger charge is -2.26. The summed E-state index contributed by atoms with van der Waals surface area (Å²) in [5.74, 6) is 1.14. The Bertz CT molecular complexity index is 461. The number of carbonyl (C=O) groups is 1. The number of hydrogen-bond acceptors (Lipinski definition) is 6. The molecular formula is C13H20N4O3. The Kier molecular flexibility index (Phi) is 5.00. The van der Waals surface area contributed by atoms with Crippen LogP contribution < -0.4 is 15.8 Å². The minimum atomic E-state index is 0.113. The molecule has 2 rings (SSSR count). The van der Waals surface area contributed by atoms with Crippen molar-refractivity contribution in [3.63, 3.8) is 0 Å². The second-order valence-electron chi connectivity index (χ2n) is 4.46. The maximum atomic E-state index is 12.0. The number of amides is 1. The van der Waals surface area contributed by atoms with Crippen molar-refractivity contribution in [3.8, 4) is 5.88 Å². The van der Waals surface area contributed by atoms with E-state index in [0.717, 1.165) is 0 Å². The van der Waals surface area contributed by atoms with Gasteiger partial charge in [0.1, 0.15) is 0 Å². The molecule has 7 nitrogen and oxygen atoms in total. The number of hydrogen-bond donors (Lipinski definition) is 2. The molecule has 0 aromatic carbocycles. The van der Waals surface area contributed by atoms with Gasteiger partial charge < -0.3 is 25.4 Å². The highest BCUT2D eigenvalue weighted by Crippen LogP contribution is 2.19. The lowest BCUT2D eigenvalue weighted by molar-refractivity contribution is -0.134. The van der Waals surface area contributed by atoms with Crippen LogP contribution in [0.1, 0.15) is 6.42 Å². The van der Waals surface area contributed by atoms with Crippen LogP contribution in [-0.2, 0) is 9.53 Å². The second-order valence-corrected chi connectivity index (χ2v) is 4.46. The fourth-order valence-corrected chi connectivity index (χ4v) is 1.97. The highest BCUT2D eigenvalue weighted by atomic mass is 16.5. The van der Waals surface area contributed by atoms with Gasteiger partial charge in [-0.3, -0.25) is 4.79 Å². The van der Waals surface area contributed by atoms with Crippen LogP contribution in [0.2, 0.25) is 0 Å². The summed E-state index contributed by atoms with van der Waals surface area (Å²) in [4.78, 5) is 18.0. The fraction of sp³-hybridized carbons (Fsp3) is 0.538. The van der Waals surface area contributed by atoms with E-state index in [1.165, 1.54) is 0 Å². The van der Waals surface area contributed by atoms with Gasteiger partial charge in [-0.25, -0.2) is 0 Å². The van der Waals surface area contributed by atoms with E-state index in [2.05, 4.69) is 10.3 Å². The fourth-order valence-electron chi connectivity index (χ4n) is 1.97. The Balaban J connectivity index is 1.81. The van der Waals surface area contributed by atoms with Crippen molar-refractivity contribution in [3.05, 3.63) is 12.1 Å². The van der Waals surface area contributed by atoms with Crippen molar-refractivity contribution in [2.45, 2.75) is 6.42 Å². The third kappa shape index (κ3) is 3.74. The van der Waals surface area contributed by atoms with Crippen LogP contribution in [0.5, 0.6) is 5.88 Å². The smallest absolute Gasteiger partial charge is 0.224 e. The van der Waals surface area contributed by atoms with Gasteiger partial charge in [0.15, 0.2) is 5.82 Å². The molecule has 0 spiro atoms. The second kappa shape index (κ2) is 6.95. The number of anilines is 2. The van der Waals surface area contributed by atoms with Gasteiger partial charge in [-0.2, -0.15) is 4.98 Å². The van der Waals surface area contributed by atoms with Crippen LogP contribution in [0, 0.1) is 0 Å². The number of nitrogens with zero attached hydrogens (tertiary/aromatic N) is 2. The van der Waals surface area contributed by atoms with Gasteiger partial charge >= 0.3 is 0 Å². The molecule has 2 heterocycles. The molecular weight excluding hydrogens is 260 g/mol. The first-order valence-electron chi connectivity index (χ1n) is 6.60. The molecule has 0 aliphatic carbocycles. The number of nitrogens with one attached hydrogen (secondary N) is 1. The maximum Gasteiger partial charge on any atom is 0.224 e. The number of nitrogens with two attached hydrogens (primary N) is 1. The summed E-state index contributed by atoms with van der Waals surface area (Å²) in [7, 11) is 1.55. The summed E-state index contributed by atoms with van der Waals surface area (Å²) in [6.45, 7) is 3.05. The molecule has 1 aliphatic rings. The number of pyridine rings is 1. The molecule has 1 fully saturated rings. The number of ether oxygens (including phenoxy) is 2. The monoisotopic (exact) mass is 280 g/mol. The zero-order valence-corrected chi connectivity index (χ0v) is 11.6. The van der Waals surface area contributed by atoms with Crippen LogP contribution in [-0.4, -0.2) is 55.7 Å². The number of carbonyl (C=O) groups excluding carboxylic acids is 1. The highest BCUT2D eigenvalue weighted by molar-refractivity contribution is 5.77. The summed E-state index contributed by atoms with van der Waals surface area (Å²) in [5.41, 5.74) is 6.34. The molecule has 1 aliphatic heterocycles. The first kappa shape index (κ1) is 14.4. The largest absolute Gasteiger partial charge is 0.481 e. The zero-order chi connectivity index (χ0) is 14.4. The van der Waals surface area contributed by atoms with E-state index in [0.29, 0.717) is 56.7 Å². The van der Waals surface area contributed by atoms with Gasteiger partial charge in [0.05, 0.1) is 26.0 Å². The number of nitrogen functional groups attached to an aromatic ring is 1. The molecule has 0 radical (unpaired) electrons. The van der Waals surface area contributed by atoms with Crippen LogP contribution in [0.4, 0.5) is 11.5 Å². The van der Waals surface area contributed by atoms with Crippen LogP contribution in [0.25, 0.3) is 0 Å². The predicted molar refractivity (Wildman–Crippen MR) is 75.7 cm³/mol. The average Bonchev–Trinajstić information content (AvgIpc) is 2.50. The summed E-state index contributed by atoms with van der Waals surface area (Å²) < 4.78 is 10.3. The quantitative estimate of drug-likeness (QED) is 0.808. The predicted octanol–water partition coefficient (Wildman–Crippen LogP) is 0.333. The summed E-state index contributed by atoms with van der Waals surface area (Å²) in [5, 5.41) is 3.06. The van der Waals surface area contributed by atoms with E-state index < -0.39 is 0 Å².